The third-order valence-electron chi connectivity index (χ3n) is 5.89. The van der Waals surface area contributed by atoms with Gasteiger partial charge in [0.05, 0.1) is 18.1 Å². The second kappa shape index (κ2) is 8.72. The highest BCUT2D eigenvalue weighted by molar-refractivity contribution is 7.21. The van der Waals surface area contributed by atoms with Crippen LogP contribution in [0.15, 0.2) is 24.3 Å². The Morgan fingerprint density at radius 1 is 1.19 bits per heavy atom. The molecule has 0 aliphatic carbocycles. The predicted octanol–water partition coefficient (Wildman–Crippen LogP) is 4.18. The molecule has 4 nitrogen and oxygen atoms in total. The second-order valence-corrected chi connectivity index (χ2v) is 8.75. The van der Waals surface area contributed by atoms with Gasteiger partial charge in [0.2, 0.25) is 0 Å². The van der Waals surface area contributed by atoms with E-state index in [9.17, 15) is 4.79 Å². The first-order chi connectivity index (χ1) is 13.3. The number of amides is 1. The lowest BCUT2D eigenvalue weighted by molar-refractivity contribution is 0.0305. The van der Waals surface area contributed by atoms with Crippen molar-refractivity contribution in [3.05, 3.63) is 34.7 Å². The van der Waals surface area contributed by atoms with Gasteiger partial charge in [-0.15, -0.1) is 11.3 Å². The lowest BCUT2D eigenvalue weighted by Gasteiger charge is -2.36. The van der Waals surface area contributed by atoms with Crippen molar-refractivity contribution in [3.8, 4) is 0 Å². The van der Waals surface area contributed by atoms with Crippen molar-refractivity contribution in [3.63, 3.8) is 0 Å². The standard InChI is InChI=1S/C22H30N2O2S/c1-2-10-23-11-6-5-7-17(23)16-19-18-8-3-4-9-20(18)27-21(19)22(25)24-12-14-26-15-13-24/h3-4,8-9,17H,2,5-7,10-16H2,1H3/t17-/m0/s1. The number of carbonyl (C=O) groups is 1. The van der Waals surface area contributed by atoms with Gasteiger partial charge in [0.1, 0.15) is 0 Å². The summed E-state index contributed by atoms with van der Waals surface area (Å²) in [7, 11) is 0. The highest BCUT2D eigenvalue weighted by Crippen LogP contribution is 2.35. The molecule has 2 fully saturated rings. The first kappa shape index (κ1) is 18.9. The molecule has 1 atom stereocenters. The molecule has 0 unspecified atom stereocenters. The fourth-order valence-electron chi connectivity index (χ4n) is 4.49. The SMILES string of the molecule is CCCN1CCCC[C@H]1Cc1c(C(=O)N2CCOCC2)sc2ccccc12. The average Bonchev–Trinajstić information content (AvgIpc) is 3.08. The highest BCUT2D eigenvalue weighted by atomic mass is 32.1. The van der Waals surface area contributed by atoms with Crippen LogP contribution in [-0.2, 0) is 11.2 Å². The molecule has 1 aromatic carbocycles. The first-order valence-corrected chi connectivity index (χ1v) is 11.2. The van der Waals surface area contributed by atoms with Crippen molar-refractivity contribution in [1.82, 2.24) is 9.80 Å². The summed E-state index contributed by atoms with van der Waals surface area (Å²) in [6, 6.07) is 9.10. The summed E-state index contributed by atoms with van der Waals surface area (Å²) in [6.07, 6.45) is 6.05. The number of nitrogens with zero attached hydrogens (tertiary/aromatic N) is 2. The van der Waals surface area contributed by atoms with Crippen LogP contribution in [0.5, 0.6) is 0 Å². The van der Waals surface area contributed by atoms with Crippen LogP contribution in [0.1, 0.15) is 47.8 Å². The number of hydrogen-bond donors (Lipinski definition) is 0. The minimum absolute atomic E-state index is 0.201. The molecule has 0 bridgehead atoms. The number of rotatable bonds is 5. The van der Waals surface area contributed by atoms with Gasteiger partial charge in [0.25, 0.3) is 5.91 Å². The molecule has 2 aliphatic rings. The van der Waals surface area contributed by atoms with Crippen LogP contribution in [0.3, 0.4) is 0 Å². The number of benzene rings is 1. The number of ether oxygens (including phenoxy) is 1. The fraction of sp³-hybridized carbons (Fsp3) is 0.591. The van der Waals surface area contributed by atoms with Crippen molar-refractivity contribution in [1.29, 1.82) is 0 Å². The maximum absolute atomic E-state index is 13.3. The quantitative estimate of drug-likeness (QED) is 0.773. The predicted molar refractivity (Wildman–Crippen MR) is 112 cm³/mol. The zero-order valence-electron chi connectivity index (χ0n) is 16.3. The van der Waals surface area contributed by atoms with Crippen molar-refractivity contribution in [2.75, 3.05) is 39.4 Å². The van der Waals surface area contributed by atoms with Crippen LogP contribution in [0.2, 0.25) is 0 Å². The summed E-state index contributed by atoms with van der Waals surface area (Å²) in [5, 5.41) is 1.28. The number of likely N-dealkylation sites (tertiary alicyclic amines) is 1. The molecule has 0 radical (unpaired) electrons. The maximum atomic E-state index is 13.3. The number of piperidine rings is 1. The van der Waals surface area contributed by atoms with Gasteiger partial charge in [0.15, 0.2) is 0 Å². The highest BCUT2D eigenvalue weighted by Gasteiger charge is 2.28. The largest absolute Gasteiger partial charge is 0.378 e. The molecular formula is C22H30N2O2S. The van der Waals surface area contributed by atoms with Gasteiger partial charge >= 0.3 is 0 Å². The summed E-state index contributed by atoms with van der Waals surface area (Å²) in [5.74, 6) is 0.201. The molecule has 2 aliphatic heterocycles. The molecule has 0 saturated carbocycles. The summed E-state index contributed by atoms with van der Waals surface area (Å²) < 4.78 is 6.68. The Balaban J connectivity index is 1.66. The van der Waals surface area contributed by atoms with E-state index in [0.717, 1.165) is 11.3 Å². The van der Waals surface area contributed by atoms with Crippen LogP contribution in [0.25, 0.3) is 10.1 Å². The molecule has 27 heavy (non-hydrogen) atoms. The van der Waals surface area contributed by atoms with Gasteiger partial charge in [-0.05, 0) is 55.8 Å². The number of carbonyl (C=O) groups excluding carboxylic acids is 1. The molecule has 146 valence electrons. The maximum Gasteiger partial charge on any atom is 0.264 e. The van der Waals surface area contributed by atoms with Gasteiger partial charge in [-0.1, -0.05) is 31.5 Å². The summed E-state index contributed by atoms with van der Waals surface area (Å²) >= 11 is 1.68. The van der Waals surface area contributed by atoms with Crippen molar-refractivity contribution in [2.45, 2.75) is 45.1 Å². The van der Waals surface area contributed by atoms with Crippen LogP contribution >= 0.6 is 11.3 Å². The van der Waals surface area contributed by atoms with Gasteiger partial charge in [0, 0.05) is 23.8 Å². The lowest BCUT2D eigenvalue weighted by atomic mass is 9.93. The van der Waals surface area contributed by atoms with Crippen LogP contribution in [0, 0.1) is 0 Å². The van der Waals surface area contributed by atoms with Crippen LogP contribution < -0.4 is 0 Å². The van der Waals surface area contributed by atoms with Gasteiger partial charge < -0.3 is 14.5 Å². The third-order valence-corrected chi connectivity index (χ3v) is 7.09. The molecule has 1 aromatic heterocycles. The van der Waals surface area contributed by atoms with E-state index < -0.39 is 0 Å². The Labute approximate surface area is 166 Å². The molecule has 2 aromatic rings. The second-order valence-electron chi connectivity index (χ2n) is 7.70. The zero-order valence-corrected chi connectivity index (χ0v) is 17.1. The minimum atomic E-state index is 0.201. The topological polar surface area (TPSA) is 32.8 Å². The summed E-state index contributed by atoms with van der Waals surface area (Å²) in [4.78, 5) is 18.9. The molecule has 2 saturated heterocycles. The molecule has 0 spiro atoms. The van der Waals surface area contributed by atoms with Crippen LogP contribution in [-0.4, -0.2) is 61.1 Å². The smallest absolute Gasteiger partial charge is 0.264 e. The van der Waals surface area contributed by atoms with Gasteiger partial charge in [-0.2, -0.15) is 0 Å². The van der Waals surface area contributed by atoms with Crippen LogP contribution in [0.4, 0.5) is 0 Å². The van der Waals surface area contributed by atoms with E-state index >= 15 is 0 Å². The van der Waals surface area contributed by atoms with Gasteiger partial charge in [-0.3, -0.25) is 4.79 Å². The van der Waals surface area contributed by atoms with E-state index in [2.05, 4.69) is 36.1 Å². The number of thiophene rings is 1. The lowest BCUT2D eigenvalue weighted by Crippen LogP contribution is -2.42. The van der Waals surface area contributed by atoms with E-state index in [-0.39, 0.29) is 5.91 Å². The molecule has 1 amide bonds. The summed E-state index contributed by atoms with van der Waals surface area (Å²) in [6.45, 7) is 7.35. The third kappa shape index (κ3) is 4.05. The van der Waals surface area contributed by atoms with E-state index in [4.69, 9.17) is 4.74 Å². The first-order valence-electron chi connectivity index (χ1n) is 10.4. The number of fused-ring (bicyclic) bond motifs is 1. The average molecular weight is 387 g/mol. The normalized spacial score (nSPS) is 21.7. The molecule has 4 rings (SSSR count). The molecule has 0 N–H and O–H groups in total. The van der Waals surface area contributed by atoms with Crippen molar-refractivity contribution in [2.24, 2.45) is 0 Å². The Morgan fingerprint density at radius 2 is 2.00 bits per heavy atom. The van der Waals surface area contributed by atoms with E-state index in [1.807, 2.05) is 4.90 Å². The van der Waals surface area contributed by atoms with E-state index in [1.165, 1.54) is 54.4 Å². The molecular weight excluding hydrogens is 356 g/mol. The number of morpholine rings is 1. The Hall–Kier alpha value is -1.43. The Bertz CT molecular complexity index is 780. The number of hydrogen-bond acceptors (Lipinski definition) is 4. The van der Waals surface area contributed by atoms with E-state index in [0.29, 0.717) is 32.3 Å². The fourth-order valence-corrected chi connectivity index (χ4v) is 5.69. The van der Waals surface area contributed by atoms with Gasteiger partial charge in [-0.25, -0.2) is 0 Å². The van der Waals surface area contributed by atoms with E-state index in [1.54, 1.807) is 11.3 Å². The molecule has 5 heteroatoms. The zero-order chi connectivity index (χ0) is 18.6. The Kier molecular flexibility index (Phi) is 6.11. The molecule has 3 heterocycles. The Morgan fingerprint density at radius 3 is 2.81 bits per heavy atom. The van der Waals surface area contributed by atoms with Crippen molar-refractivity contribution >= 4 is 27.3 Å². The monoisotopic (exact) mass is 386 g/mol. The summed E-state index contributed by atoms with van der Waals surface area (Å²) in [5.41, 5.74) is 1.28. The minimum Gasteiger partial charge on any atom is -0.378 e. The van der Waals surface area contributed by atoms with Crippen molar-refractivity contribution < 1.29 is 9.53 Å².